The number of carbonyl (C=O) groups excluding carboxylic acids is 1. The molecule has 17 heavy (non-hydrogen) atoms. The molecule has 2 aromatic rings. The maximum Gasteiger partial charge on any atom is 0.339 e. The summed E-state index contributed by atoms with van der Waals surface area (Å²) in [5, 5.41) is 1.00. The van der Waals surface area contributed by atoms with Crippen LogP contribution in [0.4, 0.5) is 0 Å². The summed E-state index contributed by atoms with van der Waals surface area (Å²) < 4.78 is 5.95. The van der Waals surface area contributed by atoms with Gasteiger partial charge in [-0.1, -0.05) is 0 Å². The molecule has 2 rings (SSSR count). The number of rotatable bonds is 1. The fourth-order valence-electron chi connectivity index (χ4n) is 2.07. The highest BCUT2D eigenvalue weighted by atomic mass is 32.1. The first-order chi connectivity index (χ1) is 7.97. The summed E-state index contributed by atoms with van der Waals surface area (Å²) in [6.45, 7) is 7.90. The van der Waals surface area contributed by atoms with E-state index in [0.717, 1.165) is 31.9 Å². The summed E-state index contributed by atoms with van der Waals surface area (Å²) >= 11 is 1.61. The maximum absolute atomic E-state index is 11.8. The van der Waals surface area contributed by atoms with E-state index in [1.165, 1.54) is 7.11 Å². The zero-order chi connectivity index (χ0) is 12.7. The van der Waals surface area contributed by atoms with Gasteiger partial charge in [0, 0.05) is 16.0 Å². The Bertz CT molecular complexity index is 614. The Hall–Kier alpha value is -1.42. The highest BCUT2D eigenvalue weighted by molar-refractivity contribution is 7.19. The highest BCUT2D eigenvalue weighted by Crippen LogP contribution is 2.35. The number of aryl methyl sites for hydroxylation is 4. The molecule has 0 aliphatic carbocycles. The van der Waals surface area contributed by atoms with Gasteiger partial charge in [0.15, 0.2) is 0 Å². The van der Waals surface area contributed by atoms with Gasteiger partial charge in [-0.25, -0.2) is 4.79 Å². The summed E-state index contributed by atoms with van der Waals surface area (Å²) in [4.78, 5) is 17.3. The molecule has 0 aliphatic rings. The minimum absolute atomic E-state index is 0.262. The summed E-state index contributed by atoms with van der Waals surface area (Å²) in [5.41, 5.74) is 3.71. The van der Waals surface area contributed by atoms with Gasteiger partial charge in [-0.2, -0.15) is 0 Å². The molecule has 2 aromatic heterocycles. The Kier molecular flexibility index (Phi) is 2.91. The number of hydrogen-bond donors (Lipinski definition) is 0. The van der Waals surface area contributed by atoms with Crippen LogP contribution in [0.1, 0.15) is 32.2 Å². The van der Waals surface area contributed by atoms with Gasteiger partial charge in [0.1, 0.15) is 0 Å². The predicted molar refractivity (Wildman–Crippen MR) is 69.9 cm³/mol. The number of methoxy groups -OCH3 is 1. The second kappa shape index (κ2) is 4.11. The molecule has 0 bridgehead atoms. The van der Waals surface area contributed by atoms with E-state index in [-0.39, 0.29) is 5.97 Å². The number of aromatic nitrogens is 1. The normalized spacial score (nSPS) is 10.9. The molecule has 0 spiro atoms. The fraction of sp³-hybridized carbons (Fsp3) is 0.385. The van der Waals surface area contributed by atoms with E-state index in [1.807, 2.05) is 27.7 Å². The van der Waals surface area contributed by atoms with Crippen molar-refractivity contribution in [2.75, 3.05) is 7.11 Å². The van der Waals surface area contributed by atoms with Crippen LogP contribution in [0.5, 0.6) is 0 Å². The Morgan fingerprint density at radius 2 is 1.82 bits per heavy atom. The van der Waals surface area contributed by atoms with Crippen molar-refractivity contribution in [2.45, 2.75) is 27.7 Å². The molecule has 2 heterocycles. The first kappa shape index (κ1) is 12.0. The van der Waals surface area contributed by atoms with Gasteiger partial charge in [0.2, 0.25) is 0 Å². The lowest BCUT2D eigenvalue weighted by Crippen LogP contribution is -2.03. The number of ether oxygens (including phenoxy) is 1. The molecule has 90 valence electrons. The SMILES string of the molecule is COC(=O)c1c(C)sc2c(C)nc(C)c(C)c12. The van der Waals surface area contributed by atoms with Crippen molar-refractivity contribution in [1.82, 2.24) is 4.98 Å². The van der Waals surface area contributed by atoms with Gasteiger partial charge >= 0.3 is 5.97 Å². The number of fused-ring (bicyclic) bond motifs is 1. The third kappa shape index (κ3) is 1.72. The molecule has 4 heteroatoms. The molecule has 0 aromatic carbocycles. The number of hydrogen-bond acceptors (Lipinski definition) is 4. The van der Waals surface area contributed by atoms with Gasteiger partial charge in [0.05, 0.1) is 23.1 Å². The predicted octanol–water partition coefficient (Wildman–Crippen LogP) is 3.32. The van der Waals surface area contributed by atoms with Crippen molar-refractivity contribution in [3.05, 3.63) is 27.4 Å². The standard InChI is InChI=1S/C13H15NO2S/c1-6-7(2)14-8(3)12-10(6)11(9(4)17-12)13(15)16-5/h1-5H3. The van der Waals surface area contributed by atoms with Gasteiger partial charge in [0.25, 0.3) is 0 Å². The number of thiophene rings is 1. The number of nitrogens with zero attached hydrogens (tertiary/aromatic N) is 1. The van der Waals surface area contributed by atoms with Crippen LogP contribution < -0.4 is 0 Å². The summed E-state index contributed by atoms with van der Waals surface area (Å²) in [7, 11) is 1.42. The Morgan fingerprint density at radius 3 is 2.41 bits per heavy atom. The van der Waals surface area contributed by atoms with Crippen LogP contribution in [0.15, 0.2) is 0 Å². The number of carbonyl (C=O) groups is 1. The number of esters is 1. The molecule has 0 saturated heterocycles. The Balaban J connectivity index is 2.94. The molecule has 0 N–H and O–H groups in total. The van der Waals surface area contributed by atoms with Crippen LogP contribution in [0, 0.1) is 27.7 Å². The molecule has 3 nitrogen and oxygen atoms in total. The second-order valence-electron chi connectivity index (χ2n) is 4.14. The minimum atomic E-state index is -0.262. The summed E-state index contributed by atoms with van der Waals surface area (Å²) in [6.07, 6.45) is 0. The second-order valence-corrected chi connectivity index (χ2v) is 5.36. The minimum Gasteiger partial charge on any atom is -0.465 e. The molecule has 0 atom stereocenters. The van der Waals surface area contributed by atoms with Gasteiger partial charge < -0.3 is 4.74 Å². The van der Waals surface area contributed by atoms with Crippen LogP contribution in [0.25, 0.3) is 10.1 Å². The topological polar surface area (TPSA) is 39.2 Å². The summed E-state index contributed by atoms with van der Waals surface area (Å²) in [6, 6.07) is 0. The Labute approximate surface area is 104 Å². The van der Waals surface area contributed by atoms with E-state index in [1.54, 1.807) is 11.3 Å². The smallest absolute Gasteiger partial charge is 0.339 e. The molecular formula is C13H15NO2S. The van der Waals surface area contributed by atoms with E-state index in [0.29, 0.717) is 5.56 Å². The molecule has 0 unspecified atom stereocenters. The van der Waals surface area contributed by atoms with E-state index in [4.69, 9.17) is 4.74 Å². The lowest BCUT2D eigenvalue weighted by Gasteiger charge is -2.06. The van der Waals surface area contributed by atoms with Crippen LogP contribution in [-0.2, 0) is 4.74 Å². The maximum atomic E-state index is 11.8. The van der Waals surface area contributed by atoms with Crippen molar-refractivity contribution in [2.24, 2.45) is 0 Å². The van der Waals surface area contributed by atoms with Crippen LogP contribution in [0.3, 0.4) is 0 Å². The third-order valence-electron chi connectivity index (χ3n) is 3.06. The molecule has 0 radical (unpaired) electrons. The van der Waals surface area contributed by atoms with Gasteiger partial charge in [-0.3, -0.25) is 4.98 Å². The third-order valence-corrected chi connectivity index (χ3v) is 4.27. The zero-order valence-corrected chi connectivity index (χ0v) is 11.5. The largest absolute Gasteiger partial charge is 0.465 e. The average Bonchev–Trinajstić information content (AvgIpc) is 2.63. The number of pyridine rings is 1. The van der Waals surface area contributed by atoms with Crippen molar-refractivity contribution in [3.63, 3.8) is 0 Å². The van der Waals surface area contributed by atoms with Crippen molar-refractivity contribution >= 4 is 27.4 Å². The van der Waals surface area contributed by atoms with Crippen molar-refractivity contribution < 1.29 is 9.53 Å². The van der Waals surface area contributed by atoms with E-state index in [2.05, 4.69) is 4.98 Å². The molecule has 0 amide bonds. The summed E-state index contributed by atoms with van der Waals surface area (Å²) in [5.74, 6) is -0.262. The zero-order valence-electron chi connectivity index (χ0n) is 10.7. The quantitative estimate of drug-likeness (QED) is 0.728. The Morgan fingerprint density at radius 1 is 1.18 bits per heavy atom. The molecular weight excluding hydrogens is 234 g/mol. The fourth-order valence-corrected chi connectivity index (χ4v) is 3.22. The van der Waals surface area contributed by atoms with Crippen LogP contribution in [-0.4, -0.2) is 18.1 Å². The molecule has 0 aliphatic heterocycles. The van der Waals surface area contributed by atoms with E-state index >= 15 is 0 Å². The van der Waals surface area contributed by atoms with Gasteiger partial charge in [-0.15, -0.1) is 11.3 Å². The van der Waals surface area contributed by atoms with E-state index in [9.17, 15) is 4.79 Å². The monoisotopic (exact) mass is 249 g/mol. The van der Waals surface area contributed by atoms with Crippen LogP contribution >= 0.6 is 11.3 Å². The first-order valence-corrected chi connectivity index (χ1v) is 6.24. The van der Waals surface area contributed by atoms with Crippen molar-refractivity contribution in [3.8, 4) is 0 Å². The lowest BCUT2D eigenvalue weighted by atomic mass is 10.0. The average molecular weight is 249 g/mol. The van der Waals surface area contributed by atoms with Crippen LogP contribution in [0.2, 0.25) is 0 Å². The molecule has 0 fully saturated rings. The lowest BCUT2D eigenvalue weighted by molar-refractivity contribution is 0.0603. The highest BCUT2D eigenvalue weighted by Gasteiger charge is 2.21. The first-order valence-electron chi connectivity index (χ1n) is 5.42. The van der Waals surface area contributed by atoms with Gasteiger partial charge in [-0.05, 0) is 33.3 Å². The molecule has 0 saturated carbocycles. The van der Waals surface area contributed by atoms with E-state index < -0.39 is 0 Å². The van der Waals surface area contributed by atoms with Crippen molar-refractivity contribution in [1.29, 1.82) is 0 Å².